The zero-order valence-electron chi connectivity index (χ0n) is 13.1. The third-order valence-corrected chi connectivity index (χ3v) is 3.54. The van der Waals surface area contributed by atoms with E-state index in [0.29, 0.717) is 12.2 Å². The molecule has 0 radical (unpaired) electrons. The molecule has 1 atom stereocenters. The first-order valence-electron chi connectivity index (χ1n) is 7.55. The Kier molecular flexibility index (Phi) is 4.51. The summed E-state index contributed by atoms with van der Waals surface area (Å²) in [7, 11) is 0. The topological polar surface area (TPSA) is 92.7 Å². The molecule has 0 aliphatic carbocycles. The van der Waals surface area contributed by atoms with E-state index >= 15 is 0 Å². The molecular weight excluding hydrogens is 306 g/mol. The van der Waals surface area contributed by atoms with Crippen LogP contribution in [0.2, 0.25) is 0 Å². The molecule has 2 aromatic heterocycles. The molecule has 0 spiro atoms. The van der Waals surface area contributed by atoms with E-state index in [1.165, 1.54) is 6.33 Å². The van der Waals surface area contributed by atoms with Gasteiger partial charge in [0.1, 0.15) is 18.2 Å². The van der Waals surface area contributed by atoms with Crippen LogP contribution in [0.1, 0.15) is 17.3 Å². The van der Waals surface area contributed by atoms with Crippen molar-refractivity contribution in [3.8, 4) is 11.3 Å². The quantitative estimate of drug-likeness (QED) is 0.743. The van der Waals surface area contributed by atoms with Crippen molar-refractivity contribution < 1.29 is 4.79 Å². The van der Waals surface area contributed by atoms with Crippen LogP contribution in [0, 0.1) is 0 Å². The monoisotopic (exact) mass is 323 g/mol. The molecular formula is C17H17N5O2. The largest absolute Gasteiger partial charge is 0.348 e. The second-order valence-electron chi connectivity index (χ2n) is 5.47. The molecule has 0 aliphatic heterocycles. The molecule has 3 rings (SSSR count). The molecule has 0 saturated heterocycles. The van der Waals surface area contributed by atoms with Gasteiger partial charge in [0, 0.05) is 11.7 Å². The van der Waals surface area contributed by atoms with E-state index in [2.05, 4.69) is 20.4 Å². The SMILES string of the molecule is CC(Cn1cncn1)NC(=O)c1ccc(-c2ccccc2)[nH]c1=O. The smallest absolute Gasteiger partial charge is 0.261 e. The summed E-state index contributed by atoms with van der Waals surface area (Å²) in [4.78, 5) is 31.1. The third-order valence-electron chi connectivity index (χ3n) is 3.54. The molecule has 3 aromatic rings. The van der Waals surface area contributed by atoms with Gasteiger partial charge in [-0.3, -0.25) is 14.3 Å². The predicted molar refractivity (Wildman–Crippen MR) is 89.4 cm³/mol. The summed E-state index contributed by atoms with van der Waals surface area (Å²) < 4.78 is 1.62. The van der Waals surface area contributed by atoms with Crippen molar-refractivity contribution >= 4 is 5.91 Å². The standard InChI is InChI=1S/C17H17N5O2/c1-12(9-22-11-18-10-19-22)20-16(23)14-7-8-15(21-17(14)24)13-5-3-2-4-6-13/h2-8,10-12H,9H2,1H3,(H,20,23)(H,21,24). The fourth-order valence-electron chi connectivity index (χ4n) is 2.39. The molecule has 24 heavy (non-hydrogen) atoms. The van der Waals surface area contributed by atoms with Gasteiger partial charge in [0.2, 0.25) is 0 Å². The maximum absolute atomic E-state index is 12.3. The van der Waals surface area contributed by atoms with E-state index in [0.717, 1.165) is 5.56 Å². The first kappa shape index (κ1) is 15.7. The first-order valence-corrected chi connectivity index (χ1v) is 7.55. The number of hydrogen-bond donors (Lipinski definition) is 2. The van der Waals surface area contributed by atoms with Crippen molar-refractivity contribution in [1.29, 1.82) is 0 Å². The molecule has 2 N–H and O–H groups in total. The summed E-state index contributed by atoms with van der Waals surface area (Å²) in [6.45, 7) is 2.32. The van der Waals surface area contributed by atoms with Crippen molar-refractivity contribution in [2.24, 2.45) is 0 Å². The van der Waals surface area contributed by atoms with Gasteiger partial charge in [0.15, 0.2) is 0 Å². The van der Waals surface area contributed by atoms with Gasteiger partial charge in [0.25, 0.3) is 11.5 Å². The van der Waals surface area contributed by atoms with Crippen LogP contribution in [-0.2, 0) is 6.54 Å². The van der Waals surface area contributed by atoms with Gasteiger partial charge in [0.05, 0.1) is 6.54 Å². The maximum Gasteiger partial charge on any atom is 0.261 e. The van der Waals surface area contributed by atoms with Crippen LogP contribution in [-0.4, -0.2) is 31.7 Å². The predicted octanol–water partition coefficient (Wildman–Crippen LogP) is 1.45. The van der Waals surface area contributed by atoms with Gasteiger partial charge in [-0.1, -0.05) is 30.3 Å². The Morgan fingerprint density at radius 1 is 1.25 bits per heavy atom. The Morgan fingerprint density at radius 2 is 2.04 bits per heavy atom. The van der Waals surface area contributed by atoms with Crippen LogP contribution >= 0.6 is 0 Å². The summed E-state index contributed by atoms with van der Waals surface area (Å²) >= 11 is 0. The average Bonchev–Trinajstić information content (AvgIpc) is 3.08. The minimum absolute atomic E-state index is 0.0834. The van der Waals surface area contributed by atoms with Gasteiger partial charge in [-0.15, -0.1) is 0 Å². The lowest BCUT2D eigenvalue weighted by molar-refractivity contribution is 0.0934. The lowest BCUT2D eigenvalue weighted by Gasteiger charge is -2.13. The third kappa shape index (κ3) is 3.57. The van der Waals surface area contributed by atoms with Crippen molar-refractivity contribution in [1.82, 2.24) is 25.1 Å². The van der Waals surface area contributed by atoms with Gasteiger partial charge in [-0.2, -0.15) is 5.10 Å². The van der Waals surface area contributed by atoms with Crippen LogP contribution in [0.15, 0.2) is 59.9 Å². The highest BCUT2D eigenvalue weighted by Crippen LogP contribution is 2.14. The number of H-pyrrole nitrogens is 1. The average molecular weight is 323 g/mol. The highest BCUT2D eigenvalue weighted by atomic mass is 16.2. The van der Waals surface area contributed by atoms with Crippen molar-refractivity contribution in [2.75, 3.05) is 0 Å². The summed E-state index contributed by atoms with van der Waals surface area (Å²) in [6, 6.07) is 12.6. The van der Waals surface area contributed by atoms with Gasteiger partial charge in [-0.05, 0) is 24.6 Å². The Bertz CT molecular complexity index is 872. The molecule has 0 fully saturated rings. The van der Waals surface area contributed by atoms with Crippen LogP contribution in [0.4, 0.5) is 0 Å². The Labute approximate surface area is 138 Å². The summed E-state index contributed by atoms with van der Waals surface area (Å²) in [6.07, 6.45) is 3.01. The fourth-order valence-corrected chi connectivity index (χ4v) is 2.39. The number of pyridine rings is 1. The zero-order valence-corrected chi connectivity index (χ0v) is 13.1. The van der Waals surface area contributed by atoms with Crippen molar-refractivity contribution in [2.45, 2.75) is 19.5 Å². The molecule has 2 heterocycles. The normalized spacial score (nSPS) is 11.9. The Morgan fingerprint density at radius 3 is 2.71 bits per heavy atom. The minimum Gasteiger partial charge on any atom is -0.348 e. The maximum atomic E-state index is 12.3. The van der Waals surface area contributed by atoms with E-state index in [1.807, 2.05) is 37.3 Å². The molecule has 1 amide bonds. The second kappa shape index (κ2) is 6.91. The van der Waals surface area contributed by atoms with Gasteiger partial charge in [-0.25, -0.2) is 4.98 Å². The number of aromatic nitrogens is 4. The number of carbonyl (C=O) groups excluding carboxylic acids is 1. The van der Waals surface area contributed by atoms with E-state index < -0.39 is 11.5 Å². The fraction of sp³-hybridized carbons (Fsp3) is 0.176. The number of rotatable bonds is 5. The first-order chi connectivity index (χ1) is 11.6. The molecule has 7 nitrogen and oxygen atoms in total. The number of nitrogens with one attached hydrogen (secondary N) is 2. The summed E-state index contributed by atoms with van der Waals surface area (Å²) in [5.74, 6) is -0.413. The van der Waals surface area contributed by atoms with Crippen molar-refractivity contribution in [3.05, 3.63) is 71.0 Å². The number of hydrogen-bond acceptors (Lipinski definition) is 4. The molecule has 0 bridgehead atoms. The van der Waals surface area contributed by atoms with Gasteiger partial charge >= 0.3 is 0 Å². The second-order valence-corrected chi connectivity index (χ2v) is 5.47. The van der Waals surface area contributed by atoms with E-state index in [1.54, 1.807) is 23.1 Å². The van der Waals surface area contributed by atoms with Crippen LogP contribution in [0.25, 0.3) is 11.3 Å². The number of aromatic amines is 1. The van der Waals surface area contributed by atoms with E-state index in [4.69, 9.17) is 0 Å². The number of nitrogens with zero attached hydrogens (tertiary/aromatic N) is 3. The summed E-state index contributed by atoms with van der Waals surface area (Å²) in [5, 5.41) is 6.77. The highest BCUT2D eigenvalue weighted by Gasteiger charge is 2.14. The number of benzene rings is 1. The van der Waals surface area contributed by atoms with Crippen LogP contribution in [0.5, 0.6) is 0 Å². The zero-order chi connectivity index (χ0) is 16.9. The van der Waals surface area contributed by atoms with Crippen LogP contribution in [0.3, 0.4) is 0 Å². The van der Waals surface area contributed by atoms with E-state index in [9.17, 15) is 9.59 Å². The number of amides is 1. The van der Waals surface area contributed by atoms with Crippen molar-refractivity contribution in [3.63, 3.8) is 0 Å². The van der Waals surface area contributed by atoms with Gasteiger partial charge < -0.3 is 10.3 Å². The summed E-state index contributed by atoms with van der Waals surface area (Å²) in [5.41, 5.74) is 1.23. The lowest BCUT2D eigenvalue weighted by atomic mass is 10.1. The molecule has 0 aliphatic rings. The molecule has 0 saturated carbocycles. The van der Waals surface area contributed by atoms with Crippen LogP contribution < -0.4 is 10.9 Å². The number of carbonyl (C=O) groups is 1. The molecule has 1 unspecified atom stereocenters. The minimum atomic E-state index is -0.415. The molecule has 7 heteroatoms. The Balaban J connectivity index is 1.72. The lowest BCUT2D eigenvalue weighted by Crippen LogP contribution is -2.38. The molecule has 1 aromatic carbocycles. The molecule has 122 valence electrons. The van der Waals surface area contributed by atoms with E-state index in [-0.39, 0.29) is 11.6 Å². The Hall–Kier alpha value is -3.22. The highest BCUT2D eigenvalue weighted by molar-refractivity contribution is 5.94.